The van der Waals surface area contributed by atoms with Crippen molar-refractivity contribution in [3.05, 3.63) is 95.1 Å². The van der Waals surface area contributed by atoms with E-state index in [1.165, 1.54) is 22.3 Å². The molecule has 1 saturated heterocycles. The molecule has 1 unspecified atom stereocenters. The minimum absolute atomic E-state index is 0.00433. The van der Waals surface area contributed by atoms with E-state index in [4.69, 9.17) is 14.3 Å². The Balaban J connectivity index is 1.19. The molecular formula is C31H34N2O5. The van der Waals surface area contributed by atoms with Crippen LogP contribution >= 0.6 is 0 Å². The number of hydrogen-bond acceptors (Lipinski definition) is 5. The van der Waals surface area contributed by atoms with Crippen LogP contribution in [0.25, 0.3) is 11.1 Å². The predicted octanol–water partition coefficient (Wildman–Crippen LogP) is 6.11. The Bertz CT molecular complexity index is 1220. The Morgan fingerprint density at radius 3 is 2.18 bits per heavy atom. The first-order valence-corrected chi connectivity index (χ1v) is 13.3. The zero-order valence-electron chi connectivity index (χ0n) is 21.8. The summed E-state index contributed by atoms with van der Waals surface area (Å²) in [6, 6.07) is 23.4. The van der Waals surface area contributed by atoms with Gasteiger partial charge in [-0.1, -0.05) is 74.5 Å². The Kier molecular flexibility index (Phi) is 8.05. The van der Waals surface area contributed by atoms with Gasteiger partial charge in [0.2, 0.25) is 0 Å². The van der Waals surface area contributed by atoms with Gasteiger partial charge in [0, 0.05) is 24.5 Å². The van der Waals surface area contributed by atoms with Crippen LogP contribution in [0, 0.1) is 5.92 Å². The number of hydrogen-bond donors (Lipinski definition) is 2. The maximum absolute atomic E-state index is 12.9. The third kappa shape index (κ3) is 5.74. The Hall–Kier alpha value is -3.68. The van der Waals surface area contributed by atoms with Gasteiger partial charge in [0.25, 0.3) is 5.91 Å². The molecule has 0 spiro atoms. The van der Waals surface area contributed by atoms with Gasteiger partial charge in [-0.2, -0.15) is 0 Å². The quantitative estimate of drug-likeness (QED) is 0.354. The smallest absolute Gasteiger partial charge is 0.407 e. The van der Waals surface area contributed by atoms with Gasteiger partial charge in [0.15, 0.2) is 6.29 Å². The van der Waals surface area contributed by atoms with Gasteiger partial charge in [0.1, 0.15) is 6.61 Å². The Labute approximate surface area is 223 Å². The molecule has 1 aliphatic heterocycles. The molecule has 0 saturated carbocycles. The molecular weight excluding hydrogens is 480 g/mol. The van der Waals surface area contributed by atoms with Crippen LogP contribution in [0.1, 0.15) is 72.1 Å². The standard InChI is InChI=1S/C31H34N2O5/c1-20(2)29(21-14-16-22(17-15-21)30(34)33-38-28-13-7-8-18-36-28)32-31(35)37-19-27-25-11-5-3-9-23(25)24-10-4-6-12-26(24)27/h3-6,9-12,14-17,20,27-29H,7-8,13,18-19H2,1-2H3,(H,32,35)(H,33,34)/t28?,29-/m1/s1. The number of carbonyl (C=O) groups excluding carboxylic acids is 2. The van der Waals surface area contributed by atoms with Crippen molar-refractivity contribution in [1.82, 2.24) is 10.8 Å². The topological polar surface area (TPSA) is 85.9 Å². The lowest BCUT2D eigenvalue weighted by Crippen LogP contribution is -2.34. The van der Waals surface area contributed by atoms with Gasteiger partial charge >= 0.3 is 6.09 Å². The van der Waals surface area contributed by atoms with Crippen LogP contribution in [0.3, 0.4) is 0 Å². The van der Waals surface area contributed by atoms with Crippen LogP contribution < -0.4 is 10.8 Å². The highest BCUT2D eigenvalue weighted by Crippen LogP contribution is 2.44. The molecule has 1 heterocycles. The fourth-order valence-corrected chi connectivity index (χ4v) is 5.23. The van der Waals surface area contributed by atoms with Gasteiger partial charge in [-0.05, 0) is 58.7 Å². The summed E-state index contributed by atoms with van der Waals surface area (Å²) < 4.78 is 11.2. The summed E-state index contributed by atoms with van der Waals surface area (Å²) in [4.78, 5) is 30.8. The first-order chi connectivity index (χ1) is 18.5. The lowest BCUT2D eigenvalue weighted by atomic mass is 9.95. The number of alkyl carbamates (subject to hydrolysis) is 1. The van der Waals surface area contributed by atoms with Crippen LogP contribution in [-0.2, 0) is 14.3 Å². The fraction of sp³-hybridized carbons (Fsp3) is 0.355. The summed E-state index contributed by atoms with van der Waals surface area (Å²) in [5, 5.41) is 3.02. The molecule has 3 aromatic carbocycles. The van der Waals surface area contributed by atoms with E-state index in [1.54, 1.807) is 12.1 Å². The van der Waals surface area contributed by atoms with Crippen molar-refractivity contribution in [3.8, 4) is 11.1 Å². The number of rotatable bonds is 8. The first kappa shape index (κ1) is 25.9. The number of amides is 2. The molecule has 198 valence electrons. The Morgan fingerprint density at radius 1 is 0.921 bits per heavy atom. The fourth-order valence-electron chi connectivity index (χ4n) is 5.23. The van der Waals surface area contributed by atoms with Crippen LogP contribution in [0.15, 0.2) is 72.8 Å². The minimum atomic E-state index is -0.465. The molecule has 2 amide bonds. The average Bonchev–Trinajstić information content (AvgIpc) is 3.27. The van der Waals surface area contributed by atoms with Crippen molar-refractivity contribution in [2.24, 2.45) is 5.92 Å². The molecule has 1 fully saturated rings. The zero-order valence-corrected chi connectivity index (χ0v) is 21.8. The van der Waals surface area contributed by atoms with Crippen molar-refractivity contribution < 1.29 is 23.9 Å². The number of carbonyl (C=O) groups is 2. The summed E-state index contributed by atoms with van der Waals surface area (Å²) in [7, 11) is 0. The van der Waals surface area contributed by atoms with E-state index >= 15 is 0 Å². The maximum Gasteiger partial charge on any atom is 0.407 e. The van der Waals surface area contributed by atoms with Gasteiger partial charge in [0.05, 0.1) is 6.04 Å². The molecule has 2 atom stereocenters. The van der Waals surface area contributed by atoms with Crippen LogP contribution in [0.4, 0.5) is 4.79 Å². The van der Waals surface area contributed by atoms with Crippen molar-refractivity contribution in [2.75, 3.05) is 13.2 Å². The van der Waals surface area contributed by atoms with Crippen LogP contribution in [0.2, 0.25) is 0 Å². The van der Waals surface area contributed by atoms with Gasteiger partial charge in [-0.3, -0.25) is 4.79 Å². The van der Waals surface area contributed by atoms with E-state index < -0.39 is 12.4 Å². The highest BCUT2D eigenvalue weighted by atomic mass is 16.8. The summed E-state index contributed by atoms with van der Waals surface area (Å²) >= 11 is 0. The number of fused-ring (bicyclic) bond motifs is 3. The summed E-state index contributed by atoms with van der Waals surface area (Å²) in [6.07, 6.45) is 1.92. The lowest BCUT2D eigenvalue weighted by molar-refractivity contribution is -0.186. The van der Waals surface area contributed by atoms with Gasteiger partial charge in [-0.25, -0.2) is 15.1 Å². The molecule has 3 aromatic rings. The molecule has 0 bridgehead atoms. The van der Waals surface area contributed by atoms with Crippen molar-refractivity contribution in [1.29, 1.82) is 0 Å². The lowest BCUT2D eigenvalue weighted by Gasteiger charge is -2.24. The zero-order chi connectivity index (χ0) is 26.5. The van der Waals surface area contributed by atoms with Gasteiger partial charge in [-0.15, -0.1) is 0 Å². The van der Waals surface area contributed by atoms with E-state index in [2.05, 4.69) is 35.1 Å². The van der Waals surface area contributed by atoms with E-state index in [1.807, 2.05) is 50.2 Å². The highest BCUT2D eigenvalue weighted by Gasteiger charge is 2.29. The molecule has 0 radical (unpaired) electrons. The second kappa shape index (κ2) is 11.8. The predicted molar refractivity (Wildman–Crippen MR) is 144 cm³/mol. The normalized spacial score (nSPS) is 17.4. The minimum Gasteiger partial charge on any atom is -0.449 e. The molecule has 7 heteroatoms. The molecule has 7 nitrogen and oxygen atoms in total. The highest BCUT2D eigenvalue weighted by molar-refractivity contribution is 5.93. The first-order valence-electron chi connectivity index (χ1n) is 13.3. The summed E-state index contributed by atoms with van der Waals surface area (Å²) in [5.74, 6) is -0.220. The molecule has 2 aliphatic rings. The largest absolute Gasteiger partial charge is 0.449 e. The summed E-state index contributed by atoms with van der Waals surface area (Å²) in [6.45, 7) is 4.97. The Morgan fingerprint density at radius 2 is 1.58 bits per heavy atom. The SMILES string of the molecule is CC(C)[C@@H](NC(=O)OCC1c2ccccc2-c2ccccc21)c1ccc(C(=O)NOC2CCCCO2)cc1. The van der Waals surface area contributed by atoms with E-state index in [0.717, 1.165) is 24.8 Å². The number of nitrogens with one attached hydrogen (secondary N) is 2. The van der Waals surface area contributed by atoms with Gasteiger partial charge < -0.3 is 14.8 Å². The second-order valence-electron chi connectivity index (χ2n) is 10.2. The average molecular weight is 515 g/mol. The molecule has 38 heavy (non-hydrogen) atoms. The molecule has 0 aromatic heterocycles. The van der Waals surface area contributed by atoms with Crippen LogP contribution in [0.5, 0.6) is 0 Å². The maximum atomic E-state index is 12.9. The van der Waals surface area contributed by atoms with Crippen molar-refractivity contribution in [2.45, 2.75) is 51.4 Å². The van der Waals surface area contributed by atoms with E-state index in [0.29, 0.717) is 12.2 Å². The van der Waals surface area contributed by atoms with Crippen LogP contribution in [-0.4, -0.2) is 31.5 Å². The number of hydroxylamine groups is 1. The monoisotopic (exact) mass is 514 g/mol. The van der Waals surface area contributed by atoms with Crippen molar-refractivity contribution in [3.63, 3.8) is 0 Å². The molecule has 2 N–H and O–H groups in total. The second-order valence-corrected chi connectivity index (χ2v) is 10.2. The number of ether oxygens (including phenoxy) is 2. The molecule has 1 aliphatic carbocycles. The third-order valence-corrected chi connectivity index (χ3v) is 7.24. The van der Waals surface area contributed by atoms with E-state index in [-0.39, 0.29) is 30.4 Å². The molecule has 5 rings (SSSR count). The number of benzene rings is 3. The van der Waals surface area contributed by atoms with Crippen molar-refractivity contribution >= 4 is 12.0 Å². The summed E-state index contributed by atoms with van der Waals surface area (Å²) in [5.41, 5.74) is 8.57. The van der Waals surface area contributed by atoms with E-state index in [9.17, 15) is 9.59 Å². The third-order valence-electron chi connectivity index (χ3n) is 7.24.